The predicted molar refractivity (Wildman–Crippen MR) is 126 cm³/mol. The molecule has 0 amide bonds. The first-order valence-electron chi connectivity index (χ1n) is 11.6. The molecule has 6 nitrogen and oxygen atoms in total. The summed E-state index contributed by atoms with van der Waals surface area (Å²) in [5.41, 5.74) is 0.136. The average molecular weight is 446 g/mol. The maximum absolute atomic E-state index is 13.2. The molecule has 1 aliphatic rings. The molecular weight excluding hydrogens is 414 g/mol. The fraction of sp³-hybridized carbons (Fsp3) is 0.370. The minimum atomic E-state index is -1.85. The molecule has 2 heterocycles. The second-order valence-corrected chi connectivity index (χ2v) is 8.65. The predicted octanol–water partition coefficient (Wildman–Crippen LogP) is 3.60. The van der Waals surface area contributed by atoms with Crippen LogP contribution >= 0.6 is 0 Å². The van der Waals surface area contributed by atoms with Crippen LogP contribution in [-0.2, 0) is 21.6 Å². The first-order chi connectivity index (χ1) is 16.2. The van der Waals surface area contributed by atoms with E-state index < -0.39 is 11.6 Å². The molecule has 4 rings (SSSR count). The highest BCUT2D eigenvalue weighted by Gasteiger charge is 2.41. The van der Waals surface area contributed by atoms with Crippen LogP contribution in [0.3, 0.4) is 0 Å². The van der Waals surface area contributed by atoms with Crippen molar-refractivity contribution in [3.8, 4) is 0 Å². The summed E-state index contributed by atoms with van der Waals surface area (Å²) in [6.07, 6.45) is 7.30. The minimum absolute atomic E-state index is 0.240. The Labute approximate surface area is 195 Å². The lowest BCUT2D eigenvalue weighted by Crippen LogP contribution is -2.39. The third-order valence-electron chi connectivity index (χ3n) is 6.29. The van der Waals surface area contributed by atoms with Crippen molar-refractivity contribution in [2.45, 2.75) is 31.3 Å². The topological polar surface area (TPSA) is 75.5 Å². The van der Waals surface area contributed by atoms with Gasteiger partial charge in [-0.05, 0) is 61.9 Å². The van der Waals surface area contributed by atoms with Crippen molar-refractivity contribution in [3.05, 3.63) is 96.1 Å². The van der Waals surface area contributed by atoms with Crippen molar-refractivity contribution in [3.63, 3.8) is 0 Å². The molecule has 6 heteroatoms. The van der Waals surface area contributed by atoms with Gasteiger partial charge in [-0.2, -0.15) is 0 Å². The quantitative estimate of drug-likeness (QED) is 0.481. The summed E-state index contributed by atoms with van der Waals surface area (Å²) >= 11 is 0. The van der Waals surface area contributed by atoms with Gasteiger partial charge in [0.2, 0.25) is 5.60 Å². The molecule has 0 aliphatic carbocycles. The lowest BCUT2D eigenvalue weighted by molar-refractivity contribution is -0.162. The van der Waals surface area contributed by atoms with Crippen molar-refractivity contribution >= 4 is 5.97 Å². The van der Waals surface area contributed by atoms with Gasteiger partial charge in [0.05, 0.1) is 6.61 Å². The van der Waals surface area contributed by atoms with E-state index in [4.69, 9.17) is 4.74 Å². The summed E-state index contributed by atoms with van der Waals surface area (Å²) in [6.45, 7) is 3.41. The molecule has 172 valence electrons. The molecule has 0 spiro atoms. The first kappa shape index (κ1) is 23.1. The third-order valence-corrected chi connectivity index (χ3v) is 6.29. The summed E-state index contributed by atoms with van der Waals surface area (Å²) in [6, 6.07) is 19.9. The van der Waals surface area contributed by atoms with Gasteiger partial charge in [0.15, 0.2) is 0 Å². The Kier molecular flexibility index (Phi) is 7.81. The van der Waals surface area contributed by atoms with Crippen LogP contribution in [0.1, 0.15) is 36.1 Å². The van der Waals surface area contributed by atoms with Crippen LogP contribution in [0.5, 0.6) is 0 Å². The van der Waals surface area contributed by atoms with Crippen LogP contribution in [-0.4, -0.2) is 52.2 Å². The monoisotopic (exact) mass is 445 g/mol. The Balaban J connectivity index is 1.45. The largest absolute Gasteiger partial charge is 0.463 e. The molecule has 1 aliphatic heterocycles. The lowest BCUT2D eigenvalue weighted by atomic mass is 9.86. The summed E-state index contributed by atoms with van der Waals surface area (Å²) in [4.78, 5) is 24.1. The van der Waals surface area contributed by atoms with Crippen molar-refractivity contribution in [1.82, 2.24) is 14.9 Å². The number of ether oxygens (including phenoxy) is 1. The lowest BCUT2D eigenvalue weighted by Gasteiger charge is -2.28. The van der Waals surface area contributed by atoms with E-state index >= 15 is 0 Å². The molecule has 1 saturated heterocycles. The molecule has 0 saturated carbocycles. The summed E-state index contributed by atoms with van der Waals surface area (Å²) in [7, 11) is 0. The number of hydrogen-bond acceptors (Lipinski definition) is 6. The van der Waals surface area contributed by atoms with E-state index in [2.05, 4.69) is 14.9 Å². The fourth-order valence-corrected chi connectivity index (χ4v) is 4.51. The maximum atomic E-state index is 13.2. The van der Waals surface area contributed by atoms with E-state index in [-0.39, 0.29) is 6.61 Å². The van der Waals surface area contributed by atoms with Gasteiger partial charge in [-0.1, -0.05) is 60.7 Å². The number of esters is 1. The highest BCUT2D eigenvalue weighted by Crippen LogP contribution is 2.31. The Morgan fingerprint density at radius 1 is 1.00 bits per heavy atom. The van der Waals surface area contributed by atoms with E-state index in [0.29, 0.717) is 23.5 Å². The minimum Gasteiger partial charge on any atom is -0.463 e. The zero-order valence-corrected chi connectivity index (χ0v) is 18.8. The van der Waals surface area contributed by atoms with E-state index in [9.17, 15) is 9.90 Å². The zero-order chi connectivity index (χ0) is 22.9. The molecular formula is C27H31N3O3. The standard InChI is InChI=1S/C27H31N3O3/c31-26(27(32,23-9-3-1-4-10-23)24-11-5-2-6-12-24)33-18-14-22(20-30-16-7-8-17-30)19-25-13-15-28-21-29-25/h1-6,9-13,15,21-22,32H,7-8,14,16-20H2/t22-/m0/s1. The van der Waals surface area contributed by atoms with Crippen molar-refractivity contribution in [1.29, 1.82) is 0 Å². The number of nitrogens with zero attached hydrogens (tertiary/aromatic N) is 3. The molecule has 1 aromatic heterocycles. The van der Waals surface area contributed by atoms with E-state index in [0.717, 1.165) is 31.7 Å². The Bertz CT molecular complexity index is 953. The van der Waals surface area contributed by atoms with Crippen LogP contribution in [0, 0.1) is 5.92 Å². The highest BCUT2D eigenvalue weighted by molar-refractivity contribution is 5.85. The summed E-state index contributed by atoms with van der Waals surface area (Å²) in [5.74, 6) is -0.353. The SMILES string of the molecule is O=C(OCC[C@@H](Cc1ccncn1)CN1CCCC1)C(O)(c1ccccc1)c1ccccc1. The second kappa shape index (κ2) is 11.2. The molecule has 1 fully saturated rings. The van der Waals surface area contributed by atoms with Gasteiger partial charge in [0, 0.05) is 18.4 Å². The molecule has 0 radical (unpaired) electrons. The van der Waals surface area contributed by atoms with Crippen LogP contribution in [0.2, 0.25) is 0 Å². The van der Waals surface area contributed by atoms with Crippen molar-refractivity contribution in [2.75, 3.05) is 26.2 Å². The molecule has 3 aromatic rings. The van der Waals surface area contributed by atoms with Crippen LogP contribution in [0.4, 0.5) is 0 Å². The number of aromatic nitrogens is 2. The number of carbonyl (C=O) groups is 1. The van der Waals surface area contributed by atoms with Gasteiger partial charge in [0.1, 0.15) is 6.33 Å². The number of carbonyl (C=O) groups excluding carboxylic acids is 1. The number of aliphatic hydroxyl groups is 1. The fourth-order valence-electron chi connectivity index (χ4n) is 4.51. The van der Waals surface area contributed by atoms with Crippen LogP contribution in [0.25, 0.3) is 0 Å². The summed E-state index contributed by atoms with van der Waals surface area (Å²) in [5, 5.41) is 11.6. The van der Waals surface area contributed by atoms with Gasteiger partial charge in [0.25, 0.3) is 0 Å². The summed E-state index contributed by atoms with van der Waals surface area (Å²) < 4.78 is 5.71. The number of likely N-dealkylation sites (tertiary alicyclic amines) is 1. The van der Waals surface area contributed by atoms with Gasteiger partial charge in [-0.25, -0.2) is 14.8 Å². The molecule has 0 bridgehead atoms. The van der Waals surface area contributed by atoms with E-state index in [1.807, 2.05) is 42.5 Å². The van der Waals surface area contributed by atoms with Crippen LogP contribution in [0.15, 0.2) is 79.3 Å². The molecule has 1 atom stereocenters. The van der Waals surface area contributed by atoms with Crippen molar-refractivity contribution in [2.24, 2.45) is 5.92 Å². The second-order valence-electron chi connectivity index (χ2n) is 8.65. The van der Waals surface area contributed by atoms with Crippen LogP contribution < -0.4 is 0 Å². The van der Waals surface area contributed by atoms with Gasteiger partial charge >= 0.3 is 5.97 Å². The van der Waals surface area contributed by atoms with E-state index in [1.165, 1.54) is 12.8 Å². The average Bonchev–Trinajstić information content (AvgIpc) is 3.38. The number of benzene rings is 2. The normalized spacial score (nSPS) is 15.3. The zero-order valence-electron chi connectivity index (χ0n) is 18.8. The smallest absolute Gasteiger partial charge is 0.347 e. The molecule has 0 unspecified atom stereocenters. The van der Waals surface area contributed by atoms with Gasteiger partial charge < -0.3 is 14.7 Å². The Morgan fingerprint density at radius 3 is 2.21 bits per heavy atom. The van der Waals surface area contributed by atoms with Crippen molar-refractivity contribution < 1.29 is 14.6 Å². The maximum Gasteiger partial charge on any atom is 0.347 e. The highest BCUT2D eigenvalue weighted by atomic mass is 16.5. The molecule has 1 N–H and O–H groups in total. The van der Waals surface area contributed by atoms with Gasteiger partial charge in [-0.3, -0.25) is 0 Å². The van der Waals surface area contributed by atoms with E-state index in [1.54, 1.807) is 36.8 Å². The first-order valence-corrected chi connectivity index (χ1v) is 11.6. The molecule has 33 heavy (non-hydrogen) atoms. The van der Waals surface area contributed by atoms with Gasteiger partial charge in [-0.15, -0.1) is 0 Å². The molecule has 2 aromatic carbocycles. The third kappa shape index (κ3) is 5.83. The number of hydrogen-bond donors (Lipinski definition) is 1. The number of rotatable bonds is 10. The Morgan fingerprint density at radius 2 is 1.64 bits per heavy atom. The Hall–Kier alpha value is -3.09.